The quantitative estimate of drug-likeness (QED) is 0.674. The summed E-state index contributed by atoms with van der Waals surface area (Å²) in [6, 6.07) is 9.40. The average molecular weight is 419 g/mol. The summed E-state index contributed by atoms with van der Waals surface area (Å²) in [7, 11) is 0. The number of carboxylic acid groups (broad SMARTS) is 1. The maximum atomic E-state index is 13.9. The molecule has 0 bridgehead atoms. The Hall–Kier alpha value is -2.45. The van der Waals surface area contributed by atoms with E-state index in [0.717, 1.165) is 12.1 Å². The van der Waals surface area contributed by atoms with Crippen LogP contribution in [0.4, 0.5) is 23.7 Å². The number of alkyl halides is 3. The zero-order chi connectivity index (χ0) is 19.8. The fourth-order valence-electron chi connectivity index (χ4n) is 2.75. The second kappa shape index (κ2) is 6.94. The van der Waals surface area contributed by atoms with Crippen LogP contribution in [-0.2, 0) is 10.4 Å². The fraction of sp³-hybridized carbons (Fsp3) is 0.176. The van der Waals surface area contributed by atoms with Gasteiger partial charge in [-0.2, -0.15) is 13.2 Å². The van der Waals surface area contributed by atoms with Gasteiger partial charge in [-0.15, -0.1) is 0 Å². The molecule has 2 aromatic carbocycles. The van der Waals surface area contributed by atoms with Crippen molar-refractivity contribution in [1.29, 1.82) is 0 Å². The molecule has 27 heavy (non-hydrogen) atoms. The van der Waals surface area contributed by atoms with Crippen LogP contribution < -0.4 is 5.32 Å². The van der Waals surface area contributed by atoms with Crippen LogP contribution >= 0.6 is 23.2 Å². The number of oxime groups is 1. The summed E-state index contributed by atoms with van der Waals surface area (Å²) in [5.74, 6) is 0. The number of anilines is 1. The highest BCUT2D eigenvalue weighted by Crippen LogP contribution is 2.49. The van der Waals surface area contributed by atoms with E-state index in [1.807, 2.05) is 0 Å². The summed E-state index contributed by atoms with van der Waals surface area (Å²) < 4.78 is 41.8. The van der Waals surface area contributed by atoms with Crippen LogP contribution in [0, 0.1) is 0 Å². The number of rotatable bonds is 3. The standard InChI is InChI=1S/C17H11Cl2F3N2O3/c18-11-5-10(6-12(19)7-11)16(17(20,21)22)8-14(24-27-16)9-2-1-3-13(4-9)23-15(25)26/h1-7,23H,8H2,(H,25,26). The van der Waals surface area contributed by atoms with Gasteiger partial charge in [0.05, 0.1) is 5.71 Å². The molecule has 142 valence electrons. The van der Waals surface area contributed by atoms with Crippen molar-refractivity contribution >= 4 is 40.7 Å². The van der Waals surface area contributed by atoms with Crippen molar-refractivity contribution < 1.29 is 27.9 Å². The molecule has 0 aliphatic carbocycles. The predicted octanol–water partition coefficient (Wildman–Crippen LogP) is 5.67. The normalized spacial score (nSPS) is 19.4. The molecule has 1 atom stereocenters. The summed E-state index contributed by atoms with van der Waals surface area (Å²) in [5.41, 5.74) is -2.52. The van der Waals surface area contributed by atoms with Gasteiger partial charge >= 0.3 is 12.3 Å². The SMILES string of the molecule is O=C(O)Nc1cccc(C2=NOC(c3cc(Cl)cc(Cl)c3)(C(F)(F)F)C2)c1. The minimum Gasteiger partial charge on any atom is -0.465 e. The first-order valence-corrected chi connectivity index (χ1v) is 8.25. The second-order valence-electron chi connectivity index (χ2n) is 5.80. The summed E-state index contributed by atoms with van der Waals surface area (Å²) >= 11 is 11.7. The van der Waals surface area contributed by atoms with Crippen molar-refractivity contribution in [3.05, 3.63) is 63.6 Å². The van der Waals surface area contributed by atoms with E-state index in [1.54, 1.807) is 0 Å². The number of nitrogens with zero attached hydrogens (tertiary/aromatic N) is 1. The van der Waals surface area contributed by atoms with Gasteiger partial charge in [-0.1, -0.05) is 40.5 Å². The van der Waals surface area contributed by atoms with Gasteiger partial charge < -0.3 is 9.94 Å². The minimum absolute atomic E-state index is 0.0115. The van der Waals surface area contributed by atoms with E-state index in [-0.39, 0.29) is 27.0 Å². The lowest BCUT2D eigenvalue weighted by molar-refractivity contribution is -0.275. The Balaban J connectivity index is 1.99. The van der Waals surface area contributed by atoms with Gasteiger partial charge in [0.1, 0.15) is 0 Å². The Bertz CT molecular complexity index is 914. The number of nitrogens with one attached hydrogen (secondary N) is 1. The monoisotopic (exact) mass is 418 g/mol. The number of amides is 1. The third-order valence-corrected chi connectivity index (χ3v) is 4.40. The first kappa shape index (κ1) is 19.3. The molecular formula is C17H11Cl2F3N2O3. The van der Waals surface area contributed by atoms with E-state index in [9.17, 15) is 18.0 Å². The minimum atomic E-state index is -4.80. The summed E-state index contributed by atoms with van der Waals surface area (Å²) in [5, 5.41) is 14.6. The molecule has 0 saturated carbocycles. The molecule has 0 aromatic heterocycles. The molecule has 10 heteroatoms. The highest BCUT2D eigenvalue weighted by Gasteiger charge is 2.62. The molecule has 0 radical (unpaired) electrons. The Morgan fingerprint density at radius 1 is 1.19 bits per heavy atom. The van der Waals surface area contributed by atoms with Crippen molar-refractivity contribution in [3.63, 3.8) is 0 Å². The van der Waals surface area contributed by atoms with Gasteiger partial charge in [-0.05, 0) is 30.3 Å². The molecule has 0 spiro atoms. The van der Waals surface area contributed by atoms with Gasteiger partial charge in [-0.25, -0.2) is 4.79 Å². The third-order valence-electron chi connectivity index (χ3n) is 3.96. The summed E-state index contributed by atoms with van der Waals surface area (Å²) in [4.78, 5) is 15.6. The molecule has 1 aliphatic rings. The van der Waals surface area contributed by atoms with Gasteiger partial charge in [0.2, 0.25) is 0 Å². The van der Waals surface area contributed by atoms with Crippen molar-refractivity contribution in [2.45, 2.75) is 18.2 Å². The number of hydrogen-bond acceptors (Lipinski definition) is 3. The lowest BCUT2D eigenvalue weighted by atomic mass is 9.86. The maximum absolute atomic E-state index is 13.9. The molecule has 5 nitrogen and oxygen atoms in total. The van der Waals surface area contributed by atoms with Crippen molar-refractivity contribution in [2.24, 2.45) is 5.16 Å². The maximum Gasteiger partial charge on any atom is 0.435 e. The highest BCUT2D eigenvalue weighted by atomic mass is 35.5. The molecule has 1 unspecified atom stereocenters. The second-order valence-corrected chi connectivity index (χ2v) is 6.67. The molecular weight excluding hydrogens is 408 g/mol. The molecule has 3 rings (SSSR count). The molecule has 2 aromatic rings. The van der Waals surface area contributed by atoms with Crippen molar-refractivity contribution in [3.8, 4) is 0 Å². The molecule has 0 fully saturated rings. The Labute approximate surface area is 161 Å². The average Bonchev–Trinajstić information content (AvgIpc) is 3.00. The highest BCUT2D eigenvalue weighted by molar-refractivity contribution is 6.34. The Kier molecular flexibility index (Phi) is 4.96. The van der Waals surface area contributed by atoms with Gasteiger partial charge in [0.15, 0.2) is 0 Å². The lowest BCUT2D eigenvalue weighted by Crippen LogP contribution is -2.42. The van der Waals surface area contributed by atoms with Crippen LogP contribution in [0.25, 0.3) is 0 Å². The zero-order valence-corrected chi connectivity index (χ0v) is 14.9. The van der Waals surface area contributed by atoms with Crippen LogP contribution in [0.15, 0.2) is 47.6 Å². The van der Waals surface area contributed by atoms with E-state index < -0.39 is 24.3 Å². The smallest absolute Gasteiger partial charge is 0.435 e. The molecule has 1 heterocycles. The van der Waals surface area contributed by atoms with Gasteiger partial charge in [-0.3, -0.25) is 5.32 Å². The van der Waals surface area contributed by atoms with Crippen LogP contribution in [0.1, 0.15) is 17.5 Å². The summed E-state index contributed by atoms with van der Waals surface area (Å²) in [6.45, 7) is 0. The number of carbonyl (C=O) groups is 1. The van der Waals surface area contributed by atoms with E-state index in [1.165, 1.54) is 30.3 Å². The molecule has 2 N–H and O–H groups in total. The van der Waals surface area contributed by atoms with E-state index in [2.05, 4.69) is 10.5 Å². The Morgan fingerprint density at radius 3 is 2.44 bits per heavy atom. The molecule has 0 saturated heterocycles. The van der Waals surface area contributed by atoms with Gasteiger partial charge in [0, 0.05) is 33.3 Å². The van der Waals surface area contributed by atoms with Crippen LogP contribution in [-0.4, -0.2) is 23.1 Å². The number of hydrogen-bond donors (Lipinski definition) is 2. The third kappa shape index (κ3) is 3.81. The fourth-order valence-corrected chi connectivity index (χ4v) is 3.27. The van der Waals surface area contributed by atoms with E-state index in [0.29, 0.717) is 5.56 Å². The first-order valence-electron chi connectivity index (χ1n) is 7.49. The molecule has 1 amide bonds. The predicted molar refractivity (Wildman–Crippen MR) is 94.5 cm³/mol. The first-order chi connectivity index (χ1) is 12.6. The van der Waals surface area contributed by atoms with E-state index in [4.69, 9.17) is 33.1 Å². The number of benzene rings is 2. The molecule has 1 aliphatic heterocycles. The topological polar surface area (TPSA) is 70.9 Å². The van der Waals surface area contributed by atoms with Gasteiger partial charge in [0.25, 0.3) is 5.60 Å². The van der Waals surface area contributed by atoms with E-state index >= 15 is 0 Å². The Morgan fingerprint density at radius 2 is 1.85 bits per heavy atom. The number of halogens is 5. The summed E-state index contributed by atoms with van der Waals surface area (Å²) in [6.07, 6.45) is -6.72. The van der Waals surface area contributed by atoms with Crippen LogP contribution in [0.3, 0.4) is 0 Å². The van der Waals surface area contributed by atoms with Crippen LogP contribution in [0.5, 0.6) is 0 Å². The van der Waals surface area contributed by atoms with Crippen LogP contribution in [0.2, 0.25) is 10.0 Å². The zero-order valence-electron chi connectivity index (χ0n) is 13.3. The van der Waals surface area contributed by atoms with Crippen molar-refractivity contribution in [1.82, 2.24) is 0 Å². The lowest BCUT2D eigenvalue weighted by Gasteiger charge is -2.29. The van der Waals surface area contributed by atoms with Crippen molar-refractivity contribution in [2.75, 3.05) is 5.32 Å². The largest absolute Gasteiger partial charge is 0.465 e.